The third kappa shape index (κ3) is 3.99. The molecule has 0 aliphatic carbocycles. The van der Waals surface area contributed by atoms with E-state index < -0.39 is 0 Å². The Kier molecular flexibility index (Phi) is 5.47. The third-order valence-corrected chi connectivity index (χ3v) is 5.00. The molecule has 0 radical (unpaired) electrons. The molecule has 5 heteroatoms. The first kappa shape index (κ1) is 18.3. The van der Waals surface area contributed by atoms with Gasteiger partial charge in [-0.15, -0.1) is 0 Å². The Balaban J connectivity index is 1.99. The number of ketones is 1. The van der Waals surface area contributed by atoms with Crippen LogP contribution in [0.25, 0.3) is 0 Å². The maximum atomic E-state index is 12.9. The fourth-order valence-corrected chi connectivity index (χ4v) is 3.29. The Labute approximate surface area is 160 Å². The molecule has 132 valence electrons. The van der Waals surface area contributed by atoms with Gasteiger partial charge < -0.3 is 0 Å². The number of rotatable bonds is 5. The molecule has 4 nitrogen and oxygen atoms in total. The van der Waals surface area contributed by atoms with Gasteiger partial charge in [-0.2, -0.15) is 5.10 Å². The summed E-state index contributed by atoms with van der Waals surface area (Å²) in [6.45, 7) is 2.05. The lowest BCUT2D eigenvalue weighted by Crippen LogP contribution is -2.22. The maximum Gasteiger partial charge on any atom is 0.266 e. The van der Waals surface area contributed by atoms with Crippen LogP contribution in [0.4, 0.5) is 0 Å². The van der Waals surface area contributed by atoms with Crippen LogP contribution in [0.3, 0.4) is 0 Å². The van der Waals surface area contributed by atoms with Gasteiger partial charge in [0, 0.05) is 29.9 Å². The van der Waals surface area contributed by atoms with E-state index >= 15 is 0 Å². The second-order valence-electron chi connectivity index (χ2n) is 6.27. The highest BCUT2D eigenvalue weighted by Crippen LogP contribution is 2.32. The Morgan fingerprint density at radius 1 is 1.08 bits per heavy atom. The summed E-state index contributed by atoms with van der Waals surface area (Å²) in [4.78, 5) is 24.4. The molecule has 0 aliphatic rings. The minimum absolute atomic E-state index is 0.0733. The number of nitrogens with zero attached hydrogens (tertiary/aromatic N) is 2. The number of hydrogen-bond donors (Lipinski definition) is 0. The topological polar surface area (TPSA) is 52.0 Å². The van der Waals surface area contributed by atoms with Crippen LogP contribution in [0, 0.1) is 6.92 Å². The predicted molar refractivity (Wildman–Crippen MR) is 106 cm³/mol. The van der Waals surface area contributed by atoms with Gasteiger partial charge in [0.05, 0.1) is 0 Å². The summed E-state index contributed by atoms with van der Waals surface area (Å²) >= 11 is 3.46. The number of aromatic nitrogens is 2. The van der Waals surface area contributed by atoms with Gasteiger partial charge in [-0.3, -0.25) is 9.59 Å². The van der Waals surface area contributed by atoms with Crippen LogP contribution in [0.2, 0.25) is 0 Å². The molecule has 0 amide bonds. The van der Waals surface area contributed by atoms with Crippen molar-refractivity contribution in [3.05, 3.63) is 97.9 Å². The molecule has 1 aromatic heterocycles. The highest BCUT2D eigenvalue weighted by atomic mass is 79.9. The summed E-state index contributed by atoms with van der Waals surface area (Å²) in [7, 11) is 1.55. The van der Waals surface area contributed by atoms with Crippen molar-refractivity contribution in [3.63, 3.8) is 0 Å². The van der Waals surface area contributed by atoms with E-state index in [0.717, 1.165) is 21.2 Å². The summed E-state index contributed by atoms with van der Waals surface area (Å²) in [5, 5.41) is 4.10. The van der Waals surface area contributed by atoms with Crippen LogP contribution in [-0.2, 0) is 7.05 Å². The first-order chi connectivity index (χ1) is 12.5. The minimum Gasteiger partial charge on any atom is -0.292 e. The van der Waals surface area contributed by atoms with Gasteiger partial charge in [-0.1, -0.05) is 52.3 Å². The number of carbonyl (C=O) groups is 1. The molecule has 0 N–H and O–H groups in total. The number of benzene rings is 2. The fourth-order valence-electron chi connectivity index (χ4n) is 3.02. The van der Waals surface area contributed by atoms with Crippen molar-refractivity contribution < 1.29 is 4.79 Å². The van der Waals surface area contributed by atoms with E-state index in [-0.39, 0.29) is 23.7 Å². The van der Waals surface area contributed by atoms with E-state index in [0.29, 0.717) is 5.69 Å². The van der Waals surface area contributed by atoms with Crippen LogP contribution in [0.15, 0.2) is 69.9 Å². The van der Waals surface area contributed by atoms with Crippen molar-refractivity contribution in [3.8, 4) is 0 Å². The summed E-state index contributed by atoms with van der Waals surface area (Å²) in [5.41, 5.74) is 3.41. The standard InChI is InChI=1S/C21H19BrN2O2/c1-14-5-3-4-6-17(14)18(15-7-9-16(22)10-8-15)13-20(25)19-11-12-21(26)24(2)23-19/h3-12,18H,13H2,1-2H3. The molecule has 3 rings (SSSR count). The summed E-state index contributed by atoms with van der Waals surface area (Å²) < 4.78 is 2.19. The third-order valence-electron chi connectivity index (χ3n) is 4.47. The normalized spacial score (nSPS) is 12.0. The van der Waals surface area contributed by atoms with Gasteiger partial charge >= 0.3 is 0 Å². The van der Waals surface area contributed by atoms with E-state index in [1.54, 1.807) is 7.05 Å². The van der Waals surface area contributed by atoms with Crippen LogP contribution in [0.1, 0.15) is 39.5 Å². The molecule has 3 aromatic rings. The molecule has 0 aliphatic heterocycles. The molecule has 0 spiro atoms. The maximum absolute atomic E-state index is 12.9. The Bertz CT molecular complexity index is 993. The molecule has 1 unspecified atom stereocenters. The number of carbonyl (C=O) groups excluding carboxylic acids is 1. The lowest BCUT2D eigenvalue weighted by molar-refractivity contribution is 0.0970. The van der Waals surface area contributed by atoms with Gasteiger partial charge in [0.2, 0.25) is 0 Å². The average Bonchev–Trinajstić information content (AvgIpc) is 2.63. The zero-order chi connectivity index (χ0) is 18.7. The van der Waals surface area contributed by atoms with Crippen molar-refractivity contribution in [1.82, 2.24) is 9.78 Å². The number of aryl methyl sites for hydroxylation is 2. The number of halogens is 1. The molecule has 26 heavy (non-hydrogen) atoms. The average molecular weight is 411 g/mol. The smallest absolute Gasteiger partial charge is 0.266 e. The van der Waals surface area contributed by atoms with Gasteiger partial charge in [0.15, 0.2) is 5.78 Å². The van der Waals surface area contributed by atoms with Crippen molar-refractivity contribution in [2.24, 2.45) is 7.05 Å². The largest absolute Gasteiger partial charge is 0.292 e. The Hall–Kier alpha value is -2.53. The molecule has 0 bridgehead atoms. The zero-order valence-electron chi connectivity index (χ0n) is 14.6. The Morgan fingerprint density at radius 3 is 2.42 bits per heavy atom. The molecule has 1 heterocycles. The first-order valence-electron chi connectivity index (χ1n) is 8.34. The number of hydrogen-bond acceptors (Lipinski definition) is 3. The Morgan fingerprint density at radius 2 is 1.77 bits per heavy atom. The second kappa shape index (κ2) is 7.79. The molecule has 2 aromatic carbocycles. The second-order valence-corrected chi connectivity index (χ2v) is 7.18. The molecular formula is C21H19BrN2O2. The molecular weight excluding hydrogens is 392 g/mol. The molecule has 0 saturated carbocycles. The van der Waals surface area contributed by atoms with Crippen LogP contribution < -0.4 is 5.56 Å². The lowest BCUT2D eigenvalue weighted by Gasteiger charge is -2.19. The van der Waals surface area contributed by atoms with Crippen molar-refractivity contribution >= 4 is 21.7 Å². The summed E-state index contributed by atoms with van der Waals surface area (Å²) in [5.74, 6) is -0.160. The van der Waals surface area contributed by atoms with Crippen molar-refractivity contribution in [2.75, 3.05) is 0 Å². The first-order valence-corrected chi connectivity index (χ1v) is 9.13. The highest BCUT2D eigenvalue weighted by Gasteiger charge is 2.21. The van der Waals surface area contributed by atoms with Crippen LogP contribution in [0.5, 0.6) is 0 Å². The van der Waals surface area contributed by atoms with E-state index in [1.807, 2.05) is 36.4 Å². The van der Waals surface area contributed by atoms with Crippen LogP contribution in [-0.4, -0.2) is 15.6 Å². The van der Waals surface area contributed by atoms with Gasteiger partial charge in [0.25, 0.3) is 5.56 Å². The lowest BCUT2D eigenvalue weighted by atomic mass is 9.84. The molecule has 1 atom stereocenters. The van der Waals surface area contributed by atoms with E-state index in [2.05, 4.69) is 40.1 Å². The highest BCUT2D eigenvalue weighted by molar-refractivity contribution is 9.10. The van der Waals surface area contributed by atoms with Crippen molar-refractivity contribution in [2.45, 2.75) is 19.3 Å². The minimum atomic E-state index is -0.232. The predicted octanol–water partition coefficient (Wildman–Crippen LogP) is 4.26. The monoisotopic (exact) mass is 410 g/mol. The van der Waals surface area contributed by atoms with Gasteiger partial charge in [-0.05, 0) is 41.8 Å². The van der Waals surface area contributed by atoms with Crippen molar-refractivity contribution in [1.29, 1.82) is 0 Å². The van der Waals surface area contributed by atoms with Gasteiger partial charge in [-0.25, -0.2) is 4.68 Å². The van der Waals surface area contributed by atoms with Crippen LogP contribution >= 0.6 is 15.9 Å². The SMILES string of the molecule is Cc1ccccc1C(CC(=O)c1ccc(=O)n(C)n1)c1ccc(Br)cc1. The molecule has 0 fully saturated rings. The van der Waals surface area contributed by atoms with E-state index in [1.165, 1.54) is 16.8 Å². The fraction of sp³-hybridized carbons (Fsp3) is 0.190. The summed E-state index contributed by atoms with van der Waals surface area (Å²) in [6, 6.07) is 19.0. The molecule has 0 saturated heterocycles. The zero-order valence-corrected chi connectivity index (χ0v) is 16.2. The quantitative estimate of drug-likeness (QED) is 0.590. The van der Waals surface area contributed by atoms with E-state index in [4.69, 9.17) is 0 Å². The number of Topliss-reactive ketones (excluding diaryl/α,β-unsaturated/α-hetero) is 1. The van der Waals surface area contributed by atoms with E-state index in [9.17, 15) is 9.59 Å². The summed E-state index contributed by atoms with van der Waals surface area (Å²) in [6.07, 6.45) is 0.289. The van der Waals surface area contributed by atoms with Gasteiger partial charge in [0.1, 0.15) is 5.69 Å².